The van der Waals surface area contributed by atoms with Crippen LogP contribution in [0.1, 0.15) is 21.5 Å². The predicted molar refractivity (Wildman–Crippen MR) is 98.1 cm³/mol. The van der Waals surface area contributed by atoms with Crippen molar-refractivity contribution < 1.29 is 18.0 Å². The minimum absolute atomic E-state index is 0.0693. The number of nitrogens with one attached hydrogen (secondary N) is 2. The van der Waals surface area contributed by atoms with Crippen molar-refractivity contribution in [1.29, 1.82) is 0 Å². The molecule has 0 aliphatic heterocycles. The maximum atomic E-state index is 12.8. The third-order valence-electron chi connectivity index (χ3n) is 3.76. The number of anilines is 3. The van der Waals surface area contributed by atoms with E-state index in [1.807, 2.05) is 31.2 Å². The largest absolute Gasteiger partial charge is 0.416 e. The van der Waals surface area contributed by atoms with E-state index in [0.717, 1.165) is 23.4 Å². The molecule has 4 nitrogen and oxygen atoms in total. The number of nitrogens with zero attached hydrogens (tertiary/aromatic N) is 1. The van der Waals surface area contributed by atoms with Crippen molar-refractivity contribution >= 4 is 23.1 Å². The number of alkyl halides is 3. The van der Waals surface area contributed by atoms with Crippen LogP contribution < -0.4 is 10.6 Å². The van der Waals surface area contributed by atoms with E-state index in [2.05, 4.69) is 15.6 Å². The second kappa shape index (κ2) is 7.49. The summed E-state index contributed by atoms with van der Waals surface area (Å²) in [5, 5.41) is 5.57. The summed E-state index contributed by atoms with van der Waals surface area (Å²) < 4.78 is 38.4. The summed E-state index contributed by atoms with van der Waals surface area (Å²) in [6.07, 6.45) is -3.01. The van der Waals surface area contributed by atoms with Crippen molar-refractivity contribution in [3.05, 3.63) is 83.6 Å². The van der Waals surface area contributed by atoms with Crippen molar-refractivity contribution in [2.24, 2.45) is 0 Å². The van der Waals surface area contributed by atoms with Crippen LogP contribution >= 0.6 is 0 Å². The van der Waals surface area contributed by atoms with E-state index < -0.39 is 17.6 Å². The highest BCUT2D eigenvalue weighted by molar-refractivity contribution is 6.04. The average molecular weight is 371 g/mol. The van der Waals surface area contributed by atoms with Crippen LogP contribution in [0.5, 0.6) is 0 Å². The van der Waals surface area contributed by atoms with Gasteiger partial charge in [0.1, 0.15) is 5.82 Å². The molecule has 0 spiro atoms. The van der Waals surface area contributed by atoms with Crippen LogP contribution in [-0.2, 0) is 6.18 Å². The van der Waals surface area contributed by atoms with Gasteiger partial charge >= 0.3 is 6.18 Å². The van der Waals surface area contributed by atoms with Gasteiger partial charge in [0.05, 0.1) is 5.56 Å². The molecule has 0 atom stereocenters. The molecule has 0 aliphatic rings. The number of amides is 1. The Morgan fingerprint density at radius 2 is 1.70 bits per heavy atom. The van der Waals surface area contributed by atoms with Gasteiger partial charge in [-0.1, -0.05) is 18.2 Å². The Morgan fingerprint density at radius 1 is 0.963 bits per heavy atom. The third-order valence-corrected chi connectivity index (χ3v) is 3.76. The number of carbonyl (C=O) groups is 1. The van der Waals surface area contributed by atoms with Gasteiger partial charge in [0.15, 0.2) is 0 Å². The van der Waals surface area contributed by atoms with E-state index in [1.54, 1.807) is 0 Å². The van der Waals surface area contributed by atoms with Gasteiger partial charge in [-0.15, -0.1) is 0 Å². The summed E-state index contributed by atoms with van der Waals surface area (Å²) in [6, 6.07) is 15.2. The van der Waals surface area contributed by atoms with Crippen LogP contribution in [0.3, 0.4) is 0 Å². The second-order valence-corrected chi connectivity index (χ2v) is 5.96. The number of aryl methyl sites for hydroxylation is 1. The molecule has 2 aromatic carbocycles. The van der Waals surface area contributed by atoms with Gasteiger partial charge in [-0.05, 0) is 55.0 Å². The topological polar surface area (TPSA) is 54.0 Å². The monoisotopic (exact) mass is 371 g/mol. The van der Waals surface area contributed by atoms with Gasteiger partial charge in [0.2, 0.25) is 0 Å². The summed E-state index contributed by atoms with van der Waals surface area (Å²) in [5.41, 5.74) is 1.41. The zero-order valence-electron chi connectivity index (χ0n) is 14.3. The average Bonchev–Trinajstić information content (AvgIpc) is 2.61. The van der Waals surface area contributed by atoms with Crippen LogP contribution in [0.4, 0.5) is 30.4 Å². The molecule has 0 saturated heterocycles. The van der Waals surface area contributed by atoms with Crippen molar-refractivity contribution in [1.82, 2.24) is 4.98 Å². The summed E-state index contributed by atoms with van der Waals surface area (Å²) in [6.45, 7) is 1.96. The molecular weight excluding hydrogens is 355 g/mol. The van der Waals surface area contributed by atoms with Gasteiger partial charge < -0.3 is 10.6 Å². The van der Waals surface area contributed by atoms with Crippen molar-refractivity contribution in [2.75, 3.05) is 10.6 Å². The molecule has 3 rings (SSSR count). The number of hydrogen-bond donors (Lipinski definition) is 2. The zero-order valence-corrected chi connectivity index (χ0v) is 14.3. The van der Waals surface area contributed by atoms with E-state index in [1.165, 1.54) is 30.5 Å². The standard InChI is InChI=1S/C20H16F3N3O/c1-13-4-2-6-16(10-13)25-18-11-14(8-9-24-18)19(27)26-17-7-3-5-15(12-17)20(21,22)23/h2-12H,1H3,(H,24,25)(H,26,27). The van der Waals surface area contributed by atoms with E-state index >= 15 is 0 Å². The minimum Gasteiger partial charge on any atom is -0.340 e. The molecular formula is C20H16F3N3O. The lowest BCUT2D eigenvalue weighted by Crippen LogP contribution is -2.13. The molecule has 0 radical (unpaired) electrons. The fourth-order valence-corrected chi connectivity index (χ4v) is 2.49. The molecule has 7 heteroatoms. The first-order valence-electron chi connectivity index (χ1n) is 8.09. The number of rotatable bonds is 4. The maximum Gasteiger partial charge on any atom is 0.416 e. The molecule has 3 aromatic rings. The summed E-state index contributed by atoms with van der Waals surface area (Å²) in [4.78, 5) is 16.5. The number of halogens is 3. The predicted octanol–water partition coefficient (Wildman–Crippen LogP) is 5.40. The van der Waals surface area contributed by atoms with Crippen LogP contribution in [0.15, 0.2) is 66.9 Å². The van der Waals surface area contributed by atoms with Crippen molar-refractivity contribution in [2.45, 2.75) is 13.1 Å². The van der Waals surface area contributed by atoms with E-state index in [0.29, 0.717) is 5.82 Å². The molecule has 0 bridgehead atoms. The smallest absolute Gasteiger partial charge is 0.340 e. The highest BCUT2D eigenvalue weighted by Crippen LogP contribution is 2.30. The lowest BCUT2D eigenvalue weighted by atomic mass is 10.1. The van der Waals surface area contributed by atoms with Crippen molar-refractivity contribution in [3.8, 4) is 0 Å². The molecule has 0 saturated carbocycles. The molecule has 138 valence electrons. The number of aromatic nitrogens is 1. The van der Waals surface area contributed by atoms with Crippen LogP contribution in [-0.4, -0.2) is 10.9 Å². The van der Waals surface area contributed by atoms with E-state index in [-0.39, 0.29) is 11.3 Å². The lowest BCUT2D eigenvalue weighted by Gasteiger charge is -2.11. The quantitative estimate of drug-likeness (QED) is 0.645. The Labute approximate surface area is 154 Å². The summed E-state index contributed by atoms with van der Waals surface area (Å²) in [5.74, 6) is -0.0682. The molecule has 1 heterocycles. The minimum atomic E-state index is -4.47. The van der Waals surface area contributed by atoms with Gasteiger partial charge in [-0.2, -0.15) is 13.2 Å². The van der Waals surface area contributed by atoms with Crippen LogP contribution in [0.2, 0.25) is 0 Å². The van der Waals surface area contributed by atoms with Gasteiger partial charge in [-0.25, -0.2) is 4.98 Å². The lowest BCUT2D eigenvalue weighted by molar-refractivity contribution is -0.137. The Hall–Kier alpha value is -3.35. The highest BCUT2D eigenvalue weighted by atomic mass is 19.4. The molecule has 27 heavy (non-hydrogen) atoms. The molecule has 0 unspecified atom stereocenters. The Kier molecular flexibility index (Phi) is 5.12. The molecule has 1 aromatic heterocycles. The molecule has 0 aliphatic carbocycles. The molecule has 0 fully saturated rings. The van der Waals surface area contributed by atoms with Gasteiger partial charge in [-0.3, -0.25) is 4.79 Å². The normalized spacial score (nSPS) is 11.1. The maximum absolute atomic E-state index is 12.8. The SMILES string of the molecule is Cc1cccc(Nc2cc(C(=O)Nc3cccc(C(F)(F)F)c3)ccn2)c1. The fourth-order valence-electron chi connectivity index (χ4n) is 2.49. The third kappa shape index (κ3) is 4.84. The Morgan fingerprint density at radius 3 is 2.44 bits per heavy atom. The number of carbonyl (C=O) groups excluding carboxylic acids is 1. The summed E-state index contributed by atoms with van der Waals surface area (Å²) in [7, 11) is 0. The number of pyridine rings is 1. The zero-order chi connectivity index (χ0) is 19.4. The van der Waals surface area contributed by atoms with E-state index in [4.69, 9.17) is 0 Å². The highest BCUT2D eigenvalue weighted by Gasteiger charge is 2.30. The van der Waals surface area contributed by atoms with Crippen molar-refractivity contribution in [3.63, 3.8) is 0 Å². The fraction of sp³-hybridized carbons (Fsp3) is 0.100. The Balaban J connectivity index is 1.76. The van der Waals surface area contributed by atoms with Gasteiger partial charge in [0.25, 0.3) is 5.91 Å². The first-order chi connectivity index (χ1) is 12.8. The van der Waals surface area contributed by atoms with E-state index in [9.17, 15) is 18.0 Å². The van der Waals surface area contributed by atoms with Crippen LogP contribution in [0.25, 0.3) is 0 Å². The molecule has 2 N–H and O–H groups in total. The summed E-state index contributed by atoms with van der Waals surface area (Å²) >= 11 is 0. The number of benzene rings is 2. The second-order valence-electron chi connectivity index (χ2n) is 5.96. The van der Waals surface area contributed by atoms with Crippen LogP contribution in [0, 0.1) is 6.92 Å². The Bertz CT molecular complexity index is 970. The first-order valence-corrected chi connectivity index (χ1v) is 8.09. The number of hydrogen-bond acceptors (Lipinski definition) is 3. The first kappa shape index (κ1) is 18.4. The van der Waals surface area contributed by atoms with Gasteiger partial charge in [0, 0.05) is 23.1 Å². The molecule has 1 amide bonds.